The predicted octanol–water partition coefficient (Wildman–Crippen LogP) is 3.11. The van der Waals surface area contributed by atoms with Crippen LogP contribution in [0.3, 0.4) is 0 Å². The van der Waals surface area contributed by atoms with E-state index in [0.717, 1.165) is 18.2 Å². The third-order valence-electron chi connectivity index (χ3n) is 2.90. The molecule has 0 aromatic carbocycles. The number of hydrogen-bond donors (Lipinski definition) is 1. The predicted molar refractivity (Wildman–Crippen MR) is 62.5 cm³/mol. The second-order valence-electron chi connectivity index (χ2n) is 4.11. The molecule has 0 saturated heterocycles. The minimum absolute atomic E-state index is 0.840. The van der Waals surface area contributed by atoms with Gasteiger partial charge in [0.05, 0.1) is 6.34 Å². The summed E-state index contributed by atoms with van der Waals surface area (Å²) in [6.45, 7) is 5.08. The maximum Gasteiger partial charge on any atom is 0.0865 e. The molecule has 1 fully saturated rings. The summed E-state index contributed by atoms with van der Waals surface area (Å²) < 4.78 is 0. The normalized spacial score (nSPS) is 20.3. The lowest BCUT2D eigenvalue weighted by molar-refractivity contribution is 0.367. The van der Waals surface area contributed by atoms with E-state index in [9.17, 15) is 0 Å². The molecule has 0 amide bonds. The Morgan fingerprint density at radius 1 is 1.36 bits per heavy atom. The van der Waals surface area contributed by atoms with Gasteiger partial charge in [-0.25, -0.2) is 0 Å². The maximum absolute atomic E-state index is 4.41. The molecule has 0 aromatic rings. The van der Waals surface area contributed by atoms with E-state index in [-0.39, 0.29) is 0 Å². The van der Waals surface area contributed by atoms with Gasteiger partial charge in [0.1, 0.15) is 0 Å². The van der Waals surface area contributed by atoms with Gasteiger partial charge < -0.3 is 5.32 Å². The number of hydrogen-bond acceptors (Lipinski definition) is 1. The van der Waals surface area contributed by atoms with Crippen LogP contribution in [0, 0.1) is 5.92 Å². The summed E-state index contributed by atoms with van der Waals surface area (Å²) in [5.41, 5.74) is 1.16. The highest BCUT2D eigenvalue weighted by Gasteiger charge is 2.11. The topological polar surface area (TPSA) is 24.4 Å². The van der Waals surface area contributed by atoms with Crippen molar-refractivity contribution in [1.82, 2.24) is 5.32 Å². The molecular formula is C12H22N2. The highest BCUT2D eigenvalue weighted by atomic mass is 14.9. The first kappa shape index (κ1) is 11.3. The van der Waals surface area contributed by atoms with Gasteiger partial charge >= 0.3 is 0 Å². The van der Waals surface area contributed by atoms with Crippen LogP contribution in [-0.4, -0.2) is 12.9 Å². The standard InChI is InChI=1S/C12H22N2/c1-3-11(2)14-10-13-9-12-7-5-4-6-8-12/h3,10,12H,4-9H2,1-2H3,(H,13,14)/b11-3-. The smallest absolute Gasteiger partial charge is 0.0865 e. The molecule has 1 aliphatic carbocycles. The van der Waals surface area contributed by atoms with Gasteiger partial charge in [0, 0.05) is 12.2 Å². The Hall–Kier alpha value is -0.790. The van der Waals surface area contributed by atoms with Crippen molar-refractivity contribution >= 4 is 6.34 Å². The maximum atomic E-state index is 4.41. The van der Waals surface area contributed by atoms with E-state index in [1.165, 1.54) is 32.1 Å². The van der Waals surface area contributed by atoms with Gasteiger partial charge in [-0.05, 0) is 32.6 Å². The Bertz CT molecular complexity index is 200. The summed E-state index contributed by atoms with van der Waals surface area (Å²) in [5, 5.41) is 3.14. The number of nitrogens with one attached hydrogen (secondary N) is 1. The van der Waals surface area contributed by atoms with Crippen LogP contribution in [0.5, 0.6) is 0 Å². The number of nitrogens with zero attached hydrogens (tertiary/aromatic N) is 1. The molecule has 0 spiro atoms. The average Bonchev–Trinajstić information content (AvgIpc) is 2.25. The Balaban J connectivity index is 2.12. The first-order chi connectivity index (χ1) is 6.83. The van der Waals surface area contributed by atoms with Gasteiger partial charge in [-0.15, -0.1) is 0 Å². The molecule has 1 aliphatic rings. The monoisotopic (exact) mass is 194 g/mol. The molecule has 1 N–H and O–H groups in total. The van der Waals surface area contributed by atoms with E-state index < -0.39 is 0 Å². The van der Waals surface area contributed by atoms with E-state index >= 15 is 0 Å². The average molecular weight is 194 g/mol. The SMILES string of the molecule is C/C=C(/C)NC=NCC1CCCCC1. The van der Waals surface area contributed by atoms with Crippen LogP contribution < -0.4 is 5.32 Å². The lowest BCUT2D eigenvalue weighted by Gasteiger charge is -2.19. The minimum Gasteiger partial charge on any atom is -0.351 e. The van der Waals surface area contributed by atoms with E-state index in [1.54, 1.807) is 0 Å². The van der Waals surface area contributed by atoms with Crippen molar-refractivity contribution < 1.29 is 0 Å². The first-order valence-corrected chi connectivity index (χ1v) is 5.70. The molecule has 2 heteroatoms. The van der Waals surface area contributed by atoms with Crippen LogP contribution in [0.1, 0.15) is 46.0 Å². The van der Waals surface area contributed by atoms with Crippen molar-refractivity contribution in [3.05, 3.63) is 11.8 Å². The molecule has 0 aromatic heterocycles. The molecule has 2 nitrogen and oxygen atoms in total. The van der Waals surface area contributed by atoms with Crippen molar-refractivity contribution in [1.29, 1.82) is 0 Å². The molecule has 0 atom stereocenters. The van der Waals surface area contributed by atoms with Gasteiger partial charge in [0.2, 0.25) is 0 Å². The lowest BCUT2D eigenvalue weighted by atomic mass is 9.89. The number of allylic oxidation sites excluding steroid dienone is 2. The summed E-state index contributed by atoms with van der Waals surface area (Å²) in [6, 6.07) is 0. The van der Waals surface area contributed by atoms with Crippen LogP contribution in [0.2, 0.25) is 0 Å². The van der Waals surface area contributed by atoms with Crippen LogP contribution >= 0.6 is 0 Å². The lowest BCUT2D eigenvalue weighted by Crippen LogP contribution is -2.12. The second kappa shape index (κ2) is 6.63. The van der Waals surface area contributed by atoms with Crippen molar-refractivity contribution in [2.24, 2.45) is 10.9 Å². The van der Waals surface area contributed by atoms with Crippen molar-refractivity contribution in [3.63, 3.8) is 0 Å². The summed E-state index contributed by atoms with van der Waals surface area (Å²) in [7, 11) is 0. The Kier molecular flexibility index (Phi) is 5.35. The number of rotatable bonds is 4. The molecular weight excluding hydrogens is 172 g/mol. The molecule has 1 saturated carbocycles. The molecule has 80 valence electrons. The quantitative estimate of drug-likeness (QED) is 0.539. The van der Waals surface area contributed by atoms with Crippen molar-refractivity contribution in [3.8, 4) is 0 Å². The van der Waals surface area contributed by atoms with Gasteiger partial charge in [-0.2, -0.15) is 0 Å². The van der Waals surface area contributed by atoms with Crippen LogP contribution in [0.4, 0.5) is 0 Å². The molecule has 0 heterocycles. The first-order valence-electron chi connectivity index (χ1n) is 5.70. The van der Waals surface area contributed by atoms with Crippen LogP contribution in [0.15, 0.2) is 16.8 Å². The summed E-state index contributed by atoms with van der Waals surface area (Å²) >= 11 is 0. The van der Waals surface area contributed by atoms with Gasteiger partial charge in [-0.3, -0.25) is 4.99 Å². The highest BCUT2D eigenvalue weighted by molar-refractivity contribution is 5.56. The second-order valence-corrected chi connectivity index (χ2v) is 4.11. The molecule has 0 aliphatic heterocycles. The molecule has 0 radical (unpaired) electrons. The Labute approximate surface area is 87.5 Å². The molecule has 0 bridgehead atoms. The fourth-order valence-corrected chi connectivity index (χ4v) is 1.80. The summed E-state index contributed by atoms with van der Waals surface area (Å²) in [5.74, 6) is 0.840. The Morgan fingerprint density at radius 2 is 2.07 bits per heavy atom. The van der Waals surface area contributed by atoms with E-state index in [0.29, 0.717) is 0 Å². The third kappa shape index (κ3) is 4.45. The van der Waals surface area contributed by atoms with Gasteiger partial charge in [-0.1, -0.05) is 25.3 Å². The summed E-state index contributed by atoms with van der Waals surface area (Å²) in [4.78, 5) is 4.41. The minimum atomic E-state index is 0.840. The molecule has 1 rings (SSSR count). The zero-order chi connectivity index (χ0) is 10.2. The van der Waals surface area contributed by atoms with Crippen LogP contribution in [-0.2, 0) is 0 Å². The zero-order valence-electron chi connectivity index (χ0n) is 9.42. The molecule has 14 heavy (non-hydrogen) atoms. The zero-order valence-corrected chi connectivity index (χ0v) is 9.42. The Morgan fingerprint density at radius 3 is 2.71 bits per heavy atom. The van der Waals surface area contributed by atoms with E-state index in [1.807, 2.05) is 26.3 Å². The summed E-state index contributed by atoms with van der Waals surface area (Å²) in [6.07, 6.45) is 10.9. The number of aliphatic imine (C=N–C) groups is 1. The largest absolute Gasteiger partial charge is 0.351 e. The van der Waals surface area contributed by atoms with Crippen molar-refractivity contribution in [2.75, 3.05) is 6.54 Å². The fraction of sp³-hybridized carbons (Fsp3) is 0.750. The van der Waals surface area contributed by atoms with Crippen LogP contribution in [0.25, 0.3) is 0 Å². The third-order valence-corrected chi connectivity index (χ3v) is 2.90. The molecule has 0 unspecified atom stereocenters. The van der Waals surface area contributed by atoms with E-state index in [4.69, 9.17) is 0 Å². The van der Waals surface area contributed by atoms with E-state index in [2.05, 4.69) is 10.3 Å². The highest BCUT2D eigenvalue weighted by Crippen LogP contribution is 2.23. The fourth-order valence-electron chi connectivity index (χ4n) is 1.80. The van der Waals surface area contributed by atoms with Gasteiger partial charge in [0.15, 0.2) is 0 Å². The van der Waals surface area contributed by atoms with Gasteiger partial charge in [0.25, 0.3) is 0 Å². The van der Waals surface area contributed by atoms with Crippen molar-refractivity contribution in [2.45, 2.75) is 46.0 Å².